The molecule has 2 aromatic carbocycles. The number of benzene rings is 2. The topological polar surface area (TPSA) is 102 Å². The first kappa shape index (κ1) is 16.3. The Morgan fingerprint density at radius 1 is 1.26 bits per heavy atom. The van der Waals surface area contributed by atoms with Gasteiger partial charge in [-0.1, -0.05) is 18.2 Å². The number of anilines is 2. The predicted octanol–water partition coefficient (Wildman–Crippen LogP) is 2.17. The van der Waals surface area contributed by atoms with Crippen molar-refractivity contribution in [3.8, 4) is 0 Å². The number of carbonyl (C=O) groups is 1. The number of nitro groups is 1. The Balaban J connectivity index is 2.18. The number of hydrogen-bond acceptors (Lipinski definition) is 5. The standard InChI is InChI=1S/C16H18N4O3/c1-19(2)12-6-3-5-11(9-12)10-18-16(21)15-13(17)7-4-8-14(15)20(22)23/h3-9H,10,17H2,1-2H3,(H,18,21). The Morgan fingerprint density at radius 2 is 1.96 bits per heavy atom. The summed E-state index contributed by atoms with van der Waals surface area (Å²) in [6.07, 6.45) is 0. The first-order valence-electron chi connectivity index (χ1n) is 6.97. The molecular weight excluding hydrogens is 296 g/mol. The second-order valence-electron chi connectivity index (χ2n) is 5.25. The normalized spacial score (nSPS) is 10.2. The summed E-state index contributed by atoms with van der Waals surface area (Å²) in [5.41, 5.74) is 7.28. The van der Waals surface area contributed by atoms with Gasteiger partial charge >= 0.3 is 0 Å². The molecule has 2 rings (SSSR count). The number of rotatable bonds is 5. The van der Waals surface area contributed by atoms with Crippen LogP contribution < -0.4 is 16.0 Å². The molecule has 0 aliphatic rings. The van der Waals surface area contributed by atoms with Gasteiger partial charge in [-0.05, 0) is 23.8 Å². The molecule has 120 valence electrons. The lowest BCUT2D eigenvalue weighted by Gasteiger charge is -2.14. The molecule has 0 saturated heterocycles. The van der Waals surface area contributed by atoms with Crippen molar-refractivity contribution in [2.75, 3.05) is 24.7 Å². The lowest BCUT2D eigenvalue weighted by molar-refractivity contribution is -0.385. The molecule has 0 heterocycles. The van der Waals surface area contributed by atoms with Crippen LogP contribution in [0, 0.1) is 10.1 Å². The third-order valence-electron chi connectivity index (χ3n) is 3.38. The monoisotopic (exact) mass is 314 g/mol. The molecule has 7 heteroatoms. The zero-order chi connectivity index (χ0) is 17.0. The number of amides is 1. The summed E-state index contributed by atoms with van der Waals surface area (Å²) < 4.78 is 0. The molecule has 0 aliphatic heterocycles. The van der Waals surface area contributed by atoms with Crippen LogP contribution in [0.15, 0.2) is 42.5 Å². The molecular formula is C16H18N4O3. The highest BCUT2D eigenvalue weighted by Crippen LogP contribution is 2.24. The molecule has 0 spiro atoms. The van der Waals surface area contributed by atoms with Gasteiger partial charge in [0.05, 0.1) is 10.6 Å². The van der Waals surface area contributed by atoms with Crippen LogP contribution in [0.25, 0.3) is 0 Å². The zero-order valence-corrected chi connectivity index (χ0v) is 12.9. The van der Waals surface area contributed by atoms with E-state index in [1.165, 1.54) is 18.2 Å². The summed E-state index contributed by atoms with van der Waals surface area (Å²) >= 11 is 0. The lowest BCUT2D eigenvalue weighted by atomic mass is 10.1. The smallest absolute Gasteiger partial charge is 0.284 e. The van der Waals surface area contributed by atoms with Crippen molar-refractivity contribution in [1.82, 2.24) is 5.32 Å². The van der Waals surface area contributed by atoms with Crippen LogP contribution in [0.3, 0.4) is 0 Å². The molecule has 0 fully saturated rings. The Labute approximate surface area is 133 Å². The molecule has 0 unspecified atom stereocenters. The van der Waals surface area contributed by atoms with Crippen LogP contribution >= 0.6 is 0 Å². The average molecular weight is 314 g/mol. The van der Waals surface area contributed by atoms with E-state index in [0.29, 0.717) is 0 Å². The van der Waals surface area contributed by atoms with Crippen LogP contribution in [-0.2, 0) is 6.54 Å². The van der Waals surface area contributed by atoms with E-state index in [1.54, 1.807) is 0 Å². The number of nitro benzene ring substituents is 1. The number of nitrogens with one attached hydrogen (secondary N) is 1. The third-order valence-corrected chi connectivity index (χ3v) is 3.38. The second-order valence-corrected chi connectivity index (χ2v) is 5.25. The Morgan fingerprint density at radius 3 is 2.61 bits per heavy atom. The van der Waals surface area contributed by atoms with E-state index < -0.39 is 10.8 Å². The van der Waals surface area contributed by atoms with Gasteiger partial charge in [-0.2, -0.15) is 0 Å². The Kier molecular flexibility index (Phi) is 4.80. The van der Waals surface area contributed by atoms with Crippen molar-refractivity contribution in [2.45, 2.75) is 6.54 Å². The number of nitrogens with zero attached hydrogens (tertiary/aromatic N) is 2. The maximum absolute atomic E-state index is 12.3. The second kappa shape index (κ2) is 6.78. The number of nitrogen functional groups attached to an aromatic ring is 1. The highest BCUT2D eigenvalue weighted by molar-refractivity contribution is 6.03. The molecule has 0 aliphatic carbocycles. The van der Waals surface area contributed by atoms with Crippen molar-refractivity contribution < 1.29 is 9.72 Å². The van der Waals surface area contributed by atoms with E-state index in [-0.39, 0.29) is 23.5 Å². The summed E-state index contributed by atoms with van der Waals surface area (Å²) in [5, 5.41) is 13.7. The minimum absolute atomic E-state index is 0.0822. The minimum Gasteiger partial charge on any atom is -0.398 e. The minimum atomic E-state index is -0.613. The molecule has 7 nitrogen and oxygen atoms in total. The summed E-state index contributed by atoms with van der Waals surface area (Å²) in [6.45, 7) is 0.256. The Hall–Kier alpha value is -3.09. The summed E-state index contributed by atoms with van der Waals surface area (Å²) in [6, 6.07) is 11.8. The molecule has 3 N–H and O–H groups in total. The van der Waals surface area contributed by atoms with Gasteiger partial charge in [0.25, 0.3) is 11.6 Å². The van der Waals surface area contributed by atoms with Crippen LogP contribution in [0.4, 0.5) is 17.1 Å². The fraction of sp³-hybridized carbons (Fsp3) is 0.188. The average Bonchev–Trinajstić information content (AvgIpc) is 2.52. The van der Waals surface area contributed by atoms with Gasteiger partial charge < -0.3 is 16.0 Å². The van der Waals surface area contributed by atoms with E-state index in [0.717, 1.165) is 11.3 Å². The van der Waals surface area contributed by atoms with Crippen molar-refractivity contribution in [2.24, 2.45) is 0 Å². The third kappa shape index (κ3) is 3.76. The molecule has 1 amide bonds. The highest BCUT2D eigenvalue weighted by Gasteiger charge is 2.22. The van der Waals surface area contributed by atoms with E-state index in [9.17, 15) is 14.9 Å². The molecule has 0 aromatic heterocycles. The highest BCUT2D eigenvalue weighted by atomic mass is 16.6. The van der Waals surface area contributed by atoms with Crippen LogP contribution in [0.5, 0.6) is 0 Å². The number of nitrogens with two attached hydrogens (primary N) is 1. The van der Waals surface area contributed by atoms with Crippen molar-refractivity contribution in [3.05, 3.63) is 63.7 Å². The van der Waals surface area contributed by atoms with Crippen LogP contribution in [-0.4, -0.2) is 24.9 Å². The summed E-state index contributed by atoms with van der Waals surface area (Å²) in [7, 11) is 3.84. The zero-order valence-electron chi connectivity index (χ0n) is 12.9. The van der Waals surface area contributed by atoms with Gasteiger partial charge in [-0.25, -0.2) is 0 Å². The number of carbonyl (C=O) groups excluding carboxylic acids is 1. The largest absolute Gasteiger partial charge is 0.398 e. The van der Waals surface area contributed by atoms with Crippen molar-refractivity contribution in [3.63, 3.8) is 0 Å². The fourth-order valence-corrected chi connectivity index (χ4v) is 2.17. The van der Waals surface area contributed by atoms with Crippen LogP contribution in [0.1, 0.15) is 15.9 Å². The SMILES string of the molecule is CN(C)c1cccc(CNC(=O)c2c(N)cccc2[N+](=O)[O-])c1. The molecule has 2 aromatic rings. The first-order valence-corrected chi connectivity index (χ1v) is 6.97. The van der Waals surface area contributed by atoms with E-state index in [2.05, 4.69) is 5.32 Å². The van der Waals surface area contributed by atoms with Crippen molar-refractivity contribution >= 4 is 23.0 Å². The van der Waals surface area contributed by atoms with Crippen molar-refractivity contribution in [1.29, 1.82) is 0 Å². The fourth-order valence-electron chi connectivity index (χ4n) is 2.17. The van der Waals surface area contributed by atoms with Gasteiger partial charge in [0.1, 0.15) is 5.56 Å². The Bertz CT molecular complexity index is 744. The molecule has 0 bridgehead atoms. The van der Waals surface area contributed by atoms with E-state index in [4.69, 9.17) is 5.73 Å². The van der Waals surface area contributed by atoms with Gasteiger partial charge in [0.2, 0.25) is 0 Å². The number of hydrogen-bond donors (Lipinski definition) is 2. The van der Waals surface area contributed by atoms with Gasteiger partial charge in [0.15, 0.2) is 0 Å². The van der Waals surface area contributed by atoms with Gasteiger partial charge in [-0.15, -0.1) is 0 Å². The van der Waals surface area contributed by atoms with Gasteiger partial charge in [-0.3, -0.25) is 14.9 Å². The lowest BCUT2D eigenvalue weighted by Crippen LogP contribution is -2.25. The van der Waals surface area contributed by atoms with E-state index in [1.807, 2.05) is 43.3 Å². The van der Waals surface area contributed by atoms with Crippen LogP contribution in [0.2, 0.25) is 0 Å². The van der Waals surface area contributed by atoms with Gasteiger partial charge in [0, 0.05) is 32.4 Å². The summed E-state index contributed by atoms with van der Waals surface area (Å²) in [4.78, 5) is 24.7. The maximum Gasteiger partial charge on any atom is 0.284 e. The molecule has 0 radical (unpaired) electrons. The van der Waals surface area contributed by atoms with E-state index >= 15 is 0 Å². The molecule has 0 atom stereocenters. The maximum atomic E-state index is 12.3. The quantitative estimate of drug-likeness (QED) is 0.500. The first-order chi connectivity index (χ1) is 10.9. The summed E-state index contributed by atoms with van der Waals surface area (Å²) in [5.74, 6) is -0.565. The molecule has 23 heavy (non-hydrogen) atoms. The molecule has 0 saturated carbocycles. The predicted molar refractivity (Wildman–Crippen MR) is 89.4 cm³/mol.